The molecule has 0 aromatic carbocycles. The average molecular weight is 231 g/mol. The van der Waals surface area contributed by atoms with E-state index in [0.29, 0.717) is 12.0 Å². The molecule has 98 valence electrons. The minimum absolute atomic E-state index is 0.469. The summed E-state index contributed by atoms with van der Waals surface area (Å²) in [5.74, 6) is 0.588. The largest absolute Gasteiger partial charge is 0.384 e. The fraction of sp³-hybridized carbons (Fsp3) is 1.00. The van der Waals surface area contributed by atoms with Gasteiger partial charge in [0.25, 0.3) is 0 Å². The van der Waals surface area contributed by atoms with Crippen LogP contribution < -0.4 is 5.32 Å². The van der Waals surface area contributed by atoms with Gasteiger partial charge in [-0.15, -0.1) is 0 Å². The minimum atomic E-state index is 0.469. The highest BCUT2D eigenvalue weighted by molar-refractivity contribution is 4.69. The van der Waals surface area contributed by atoms with E-state index in [-0.39, 0.29) is 0 Å². The highest BCUT2D eigenvalue weighted by Gasteiger charge is 2.12. The molecule has 0 saturated carbocycles. The van der Waals surface area contributed by atoms with Crippen molar-refractivity contribution in [3.05, 3.63) is 0 Å². The van der Waals surface area contributed by atoms with Gasteiger partial charge in [-0.25, -0.2) is 0 Å². The van der Waals surface area contributed by atoms with Crippen molar-refractivity contribution in [3.8, 4) is 0 Å². The first kappa shape index (κ1) is 15.9. The molecule has 2 atom stereocenters. The summed E-state index contributed by atoms with van der Waals surface area (Å²) in [6.45, 7) is 10.1. The second-order valence-corrected chi connectivity index (χ2v) is 4.52. The molecular formula is C13H29NO2. The maximum atomic E-state index is 5.62. The Morgan fingerprint density at radius 1 is 1.12 bits per heavy atom. The van der Waals surface area contributed by atoms with E-state index in [4.69, 9.17) is 9.47 Å². The first-order valence-corrected chi connectivity index (χ1v) is 6.54. The predicted octanol–water partition coefficient (Wildman–Crippen LogP) is 2.45. The number of nitrogens with one attached hydrogen (secondary N) is 1. The predicted molar refractivity (Wildman–Crippen MR) is 68.8 cm³/mol. The molecule has 3 nitrogen and oxygen atoms in total. The third-order valence-electron chi connectivity index (χ3n) is 2.49. The Balaban J connectivity index is 3.78. The van der Waals surface area contributed by atoms with Crippen LogP contribution in [0.25, 0.3) is 0 Å². The van der Waals surface area contributed by atoms with Crippen LogP contribution in [0.15, 0.2) is 0 Å². The number of ether oxygens (including phenoxy) is 2. The first-order chi connectivity index (χ1) is 7.74. The van der Waals surface area contributed by atoms with Crippen molar-refractivity contribution in [3.63, 3.8) is 0 Å². The van der Waals surface area contributed by atoms with Crippen LogP contribution in [0.3, 0.4) is 0 Å². The molecule has 0 aliphatic carbocycles. The van der Waals surface area contributed by atoms with Gasteiger partial charge in [0.05, 0.1) is 6.61 Å². The molecule has 3 heteroatoms. The molecule has 0 saturated heterocycles. The number of methoxy groups -OCH3 is 1. The zero-order valence-corrected chi connectivity index (χ0v) is 11.4. The van der Waals surface area contributed by atoms with Crippen molar-refractivity contribution in [2.45, 2.75) is 46.1 Å². The van der Waals surface area contributed by atoms with Gasteiger partial charge in [-0.3, -0.25) is 0 Å². The Bertz CT molecular complexity index is 142. The molecule has 0 aromatic heterocycles. The number of hydrogen-bond donors (Lipinski definition) is 1. The fourth-order valence-electron chi connectivity index (χ4n) is 1.77. The van der Waals surface area contributed by atoms with Gasteiger partial charge >= 0.3 is 0 Å². The van der Waals surface area contributed by atoms with Crippen LogP contribution in [-0.4, -0.2) is 39.5 Å². The van der Waals surface area contributed by atoms with Crippen LogP contribution in [-0.2, 0) is 9.47 Å². The van der Waals surface area contributed by atoms with Gasteiger partial charge in [0.2, 0.25) is 0 Å². The lowest BCUT2D eigenvalue weighted by Crippen LogP contribution is -2.36. The fourth-order valence-corrected chi connectivity index (χ4v) is 1.77. The van der Waals surface area contributed by atoms with Gasteiger partial charge < -0.3 is 14.8 Å². The lowest BCUT2D eigenvalue weighted by molar-refractivity contribution is 0.0929. The van der Waals surface area contributed by atoms with E-state index in [0.717, 1.165) is 39.2 Å². The number of hydrogen-bond acceptors (Lipinski definition) is 3. The van der Waals surface area contributed by atoms with E-state index < -0.39 is 0 Å². The molecule has 0 aromatic rings. The standard InChI is InChI=1S/C13H29NO2/c1-5-7-14-13(11-16-8-6-2)9-12(3)10-15-4/h12-14H,5-11H2,1-4H3. The van der Waals surface area contributed by atoms with Crippen LogP contribution in [0, 0.1) is 5.92 Å². The Morgan fingerprint density at radius 2 is 1.88 bits per heavy atom. The molecule has 0 aliphatic rings. The van der Waals surface area contributed by atoms with Crippen LogP contribution in [0.2, 0.25) is 0 Å². The Hall–Kier alpha value is -0.120. The molecule has 0 aliphatic heterocycles. The molecule has 0 rings (SSSR count). The van der Waals surface area contributed by atoms with Crippen molar-refractivity contribution in [1.29, 1.82) is 0 Å². The second kappa shape index (κ2) is 11.4. The van der Waals surface area contributed by atoms with Gasteiger partial charge in [0.1, 0.15) is 0 Å². The normalized spacial score (nSPS) is 15.0. The summed E-state index contributed by atoms with van der Waals surface area (Å²) in [6.07, 6.45) is 3.38. The molecule has 0 amide bonds. The van der Waals surface area contributed by atoms with Gasteiger partial charge in [-0.05, 0) is 31.7 Å². The summed E-state index contributed by atoms with van der Waals surface area (Å²) >= 11 is 0. The highest BCUT2D eigenvalue weighted by atomic mass is 16.5. The van der Waals surface area contributed by atoms with E-state index in [1.165, 1.54) is 6.42 Å². The molecule has 0 bridgehead atoms. The average Bonchev–Trinajstić information content (AvgIpc) is 2.26. The molecule has 0 radical (unpaired) electrons. The molecular weight excluding hydrogens is 202 g/mol. The third kappa shape index (κ3) is 9.13. The minimum Gasteiger partial charge on any atom is -0.384 e. The quantitative estimate of drug-likeness (QED) is 0.554. The monoisotopic (exact) mass is 231 g/mol. The van der Waals surface area contributed by atoms with Gasteiger partial charge in [-0.2, -0.15) is 0 Å². The Morgan fingerprint density at radius 3 is 2.44 bits per heavy atom. The summed E-state index contributed by atoms with van der Waals surface area (Å²) in [5, 5.41) is 3.54. The lowest BCUT2D eigenvalue weighted by Gasteiger charge is -2.21. The summed E-state index contributed by atoms with van der Waals surface area (Å²) in [6, 6.07) is 0.469. The van der Waals surface area contributed by atoms with E-state index >= 15 is 0 Å². The summed E-state index contributed by atoms with van der Waals surface area (Å²) in [4.78, 5) is 0. The van der Waals surface area contributed by atoms with E-state index in [9.17, 15) is 0 Å². The number of rotatable bonds is 11. The Labute approximate surface area is 101 Å². The smallest absolute Gasteiger partial charge is 0.0619 e. The van der Waals surface area contributed by atoms with E-state index in [2.05, 4.69) is 26.1 Å². The van der Waals surface area contributed by atoms with Gasteiger partial charge in [-0.1, -0.05) is 20.8 Å². The van der Waals surface area contributed by atoms with Crippen molar-refractivity contribution >= 4 is 0 Å². The summed E-state index contributed by atoms with van der Waals surface area (Å²) < 4.78 is 10.8. The van der Waals surface area contributed by atoms with Crippen LogP contribution in [0.4, 0.5) is 0 Å². The Kier molecular flexibility index (Phi) is 11.3. The van der Waals surface area contributed by atoms with Crippen molar-refractivity contribution in [1.82, 2.24) is 5.32 Å². The topological polar surface area (TPSA) is 30.5 Å². The maximum Gasteiger partial charge on any atom is 0.0619 e. The lowest BCUT2D eigenvalue weighted by atomic mass is 10.0. The summed E-state index contributed by atoms with van der Waals surface area (Å²) in [7, 11) is 1.76. The molecule has 0 heterocycles. The SMILES string of the molecule is CCCNC(COCCC)CC(C)COC. The van der Waals surface area contributed by atoms with Gasteiger partial charge in [0, 0.05) is 26.4 Å². The maximum absolute atomic E-state index is 5.62. The zero-order chi connectivity index (χ0) is 12.2. The third-order valence-corrected chi connectivity index (χ3v) is 2.49. The van der Waals surface area contributed by atoms with Crippen molar-refractivity contribution in [2.75, 3.05) is 33.5 Å². The van der Waals surface area contributed by atoms with Crippen LogP contribution in [0.5, 0.6) is 0 Å². The van der Waals surface area contributed by atoms with Crippen molar-refractivity contribution in [2.24, 2.45) is 5.92 Å². The molecule has 0 fully saturated rings. The van der Waals surface area contributed by atoms with Crippen LogP contribution in [0.1, 0.15) is 40.0 Å². The van der Waals surface area contributed by atoms with Crippen LogP contribution >= 0.6 is 0 Å². The molecule has 2 unspecified atom stereocenters. The van der Waals surface area contributed by atoms with E-state index in [1.807, 2.05) is 0 Å². The van der Waals surface area contributed by atoms with Crippen molar-refractivity contribution < 1.29 is 9.47 Å². The molecule has 1 N–H and O–H groups in total. The van der Waals surface area contributed by atoms with E-state index in [1.54, 1.807) is 7.11 Å². The second-order valence-electron chi connectivity index (χ2n) is 4.52. The molecule has 16 heavy (non-hydrogen) atoms. The van der Waals surface area contributed by atoms with Gasteiger partial charge in [0.15, 0.2) is 0 Å². The highest BCUT2D eigenvalue weighted by Crippen LogP contribution is 2.07. The first-order valence-electron chi connectivity index (χ1n) is 6.54. The molecule has 0 spiro atoms. The summed E-state index contributed by atoms with van der Waals surface area (Å²) in [5.41, 5.74) is 0. The zero-order valence-electron chi connectivity index (χ0n) is 11.4.